The average molecular weight is 434 g/mol. The largest absolute Gasteiger partial charge is 0.380 e. The molecule has 4 nitrogen and oxygen atoms in total. The minimum atomic E-state index is -3.68. The van der Waals surface area contributed by atoms with Crippen molar-refractivity contribution < 1.29 is 8.42 Å². The van der Waals surface area contributed by atoms with E-state index in [2.05, 4.69) is 43.2 Å². The number of rotatable bonds is 4. The van der Waals surface area contributed by atoms with E-state index < -0.39 is 10.0 Å². The second-order valence-corrected chi connectivity index (χ2v) is 7.89. The van der Waals surface area contributed by atoms with E-state index in [1.165, 1.54) is 12.1 Å². The van der Waals surface area contributed by atoms with Gasteiger partial charge in [0.15, 0.2) is 0 Å². The molecule has 0 aliphatic heterocycles. The van der Waals surface area contributed by atoms with Gasteiger partial charge in [0.2, 0.25) is 10.0 Å². The summed E-state index contributed by atoms with van der Waals surface area (Å²) in [5.74, 6) is 0. The molecular weight excluding hydrogens is 420 g/mol. The minimum absolute atomic E-state index is 0.0828. The van der Waals surface area contributed by atoms with Crippen LogP contribution in [0, 0.1) is 6.92 Å². The maximum Gasteiger partial charge on any atom is 0.238 e. The highest BCUT2D eigenvalue weighted by atomic mass is 79.9. The summed E-state index contributed by atoms with van der Waals surface area (Å²) in [6, 6.07) is 10.8. The van der Waals surface area contributed by atoms with Gasteiger partial charge in [-0.25, -0.2) is 13.6 Å². The molecule has 3 N–H and O–H groups in total. The predicted octanol–water partition coefficient (Wildman–Crippen LogP) is 3.78. The Morgan fingerprint density at radius 2 is 1.81 bits per heavy atom. The highest BCUT2D eigenvalue weighted by Gasteiger charge is 2.10. The number of benzene rings is 2. The van der Waals surface area contributed by atoms with Crippen molar-refractivity contribution in [3.63, 3.8) is 0 Å². The molecule has 0 heterocycles. The SMILES string of the molecule is Cc1cc(CNc2ccc(S(N)(=O)=O)cc2Br)ccc1Br. The molecule has 0 atom stereocenters. The quantitative estimate of drug-likeness (QED) is 0.770. The summed E-state index contributed by atoms with van der Waals surface area (Å²) in [5.41, 5.74) is 3.11. The fraction of sp³-hybridized carbons (Fsp3) is 0.143. The highest BCUT2D eigenvalue weighted by Crippen LogP contribution is 2.26. The van der Waals surface area contributed by atoms with Gasteiger partial charge >= 0.3 is 0 Å². The maximum atomic E-state index is 11.3. The number of halogens is 2. The van der Waals surface area contributed by atoms with Gasteiger partial charge in [0, 0.05) is 21.2 Å². The number of hydrogen-bond acceptors (Lipinski definition) is 3. The number of anilines is 1. The Kier molecular flexibility index (Phi) is 5.08. The zero-order chi connectivity index (χ0) is 15.6. The number of nitrogens with one attached hydrogen (secondary N) is 1. The van der Waals surface area contributed by atoms with Crippen LogP contribution in [0.3, 0.4) is 0 Å². The first kappa shape index (κ1) is 16.5. The Morgan fingerprint density at radius 1 is 1.10 bits per heavy atom. The first-order chi connectivity index (χ1) is 9.77. The molecule has 0 aliphatic rings. The van der Waals surface area contributed by atoms with Crippen molar-refractivity contribution in [1.29, 1.82) is 0 Å². The molecule has 0 saturated carbocycles. The van der Waals surface area contributed by atoms with Crippen molar-refractivity contribution in [1.82, 2.24) is 0 Å². The van der Waals surface area contributed by atoms with Crippen LogP contribution in [0.15, 0.2) is 50.2 Å². The first-order valence-electron chi connectivity index (χ1n) is 6.08. The van der Waals surface area contributed by atoms with E-state index >= 15 is 0 Å². The van der Waals surface area contributed by atoms with Crippen LogP contribution >= 0.6 is 31.9 Å². The molecule has 0 aromatic heterocycles. The van der Waals surface area contributed by atoms with Crippen molar-refractivity contribution in [2.75, 3.05) is 5.32 Å². The van der Waals surface area contributed by atoms with Gasteiger partial charge < -0.3 is 5.32 Å². The number of hydrogen-bond donors (Lipinski definition) is 2. The van der Waals surface area contributed by atoms with Crippen LogP contribution in [0.25, 0.3) is 0 Å². The maximum absolute atomic E-state index is 11.3. The van der Waals surface area contributed by atoms with Crippen molar-refractivity contribution in [2.24, 2.45) is 5.14 Å². The Balaban J connectivity index is 2.15. The van der Waals surface area contributed by atoms with E-state index in [0.29, 0.717) is 11.0 Å². The normalized spacial score (nSPS) is 11.4. The molecule has 0 fully saturated rings. The molecule has 7 heteroatoms. The van der Waals surface area contributed by atoms with E-state index in [1.807, 2.05) is 19.1 Å². The third kappa shape index (κ3) is 4.29. The van der Waals surface area contributed by atoms with Crippen LogP contribution in [0.1, 0.15) is 11.1 Å². The third-order valence-corrected chi connectivity index (χ3v) is 5.43. The number of primary sulfonamides is 1. The van der Waals surface area contributed by atoms with Crippen LogP contribution in [0.4, 0.5) is 5.69 Å². The molecule has 21 heavy (non-hydrogen) atoms. The zero-order valence-corrected chi connectivity index (χ0v) is 15.2. The first-order valence-corrected chi connectivity index (χ1v) is 9.22. The molecule has 2 rings (SSSR count). The molecule has 0 unspecified atom stereocenters. The lowest BCUT2D eigenvalue weighted by Gasteiger charge is -2.11. The van der Waals surface area contributed by atoms with Crippen LogP contribution in [0.5, 0.6) is 0 Å². The molecule has 0 spiro atoms. The van der Waals surface area contributed by atoms with Gasteiger partial charge in [0.1, 0.15) is 0 Å². The number of sulfonamides is 1. The standard InChI is InChI=1S/C14H14Br2N2O2S/c1-9-6-10(2-4-12(9)15)8-18-14-5-3-11(7-13(14)16)21(17,19)20/h2-7,18H,8H2,1H3,(H2,17,19,20). The fourth-order valence-electron chi connectivity index (χ4n) is 1.83. The third-order valence-electron chi connectivity index (χ3n) is 2.97. The Labute approximate surface area is 141 Å². The summed E-state index contributed by atoms with van der Waals surface area (Å²) in [4.78, 5) is 0.0828. The summed E-state index contributed by atoms with van der Waals surface area (Å²) >= 11 is 6.82. The van der Waals surface area contributed by atoms with Gasteiger partial charge in [0.05, 0.1) is 4.90 Å². The van der Waals surface area contributed by atoms with Gasteiger partial charge in [-0.05, 0) is 58.2 Å². The van der Waals surface area contributed by atoms with Crippen molar-refractivity contribution in [3.05, 3.63) is 56.5 Å². The molecule has 0 radical (unpaired) electrons. The Hall–Kier alpha value is -0.890. The average Bonchev–Trinajstić information content (AvgIpc) is 2.40. The summed E-state index contributed by atoms with van der Waals surface area (Å²) < 4.78 is 24.3. The molecule has 2 aromatic rings. The molecule has 0 amide bonds. The van der Waals surface area contributed by atoms with Gasteiger partial charge in [-0.3, -0.25) is 0 Å². The lowest BCUT2D eigenvalue weighted by atomic mass is 10.1. The van der Waals surface area contributed by atoms with Crippen LogP contribution in [-0.2, 0) is 16.6 Å². The van der Waals surface area contributed by atoms with Gasteiger partial charge in [-0.1, -0.05) is 28.1 Å². The molecular formula is C14H14Br2N2O2S. The highest BCUT2D eigenvalue weighted by molar-refractivity contribution is 9.10. The van der Waals surface area contributed by atoms with Gasteiger partial charge in [-0.2, -0.15) is 0 Å². The second-order valence-electron chi connectivity index (χ2n) is 4.62. The zero-order valence-electron chi connectivity index (χ0n) is 11.2. The van der Waals surface area contributed by atoms with Crippen molar-refractivity contribution in [2.45, 2.75) is 18.4 Å². The second kappa shape index (κ2) is 6.48. The summed E-state index contributed by atoms with van der Waals surface area (Å²) in [6.07, 6.45) is 0. The number of nitrogens with two attached hydrogens (primary N) is 1. The van der Waals surface area contributed by atoms with E-state index in [4.69, 9.17) is 5.14 Å². The molecule has 0 bridgehead atoms. The minimum Gasteiger partial charge on any atom is -0.380 e. The Morgan fingerprint density at radius 3 is 2.38 bits per heavy atom. The fourth-order valence-corrected chi connectivity index (χ4v) is 3.29. The van der Waals surface area contributed by atoms with E-state index in [-0.39, 0.29) is 4.90 Å². The number of aryl methyl sites for hydroxylation is 1. The molecule has 112 valence electrons. The van der Waals surface area contributed by atoms with Crippen LogP contribution < -0.4 is 10.5 Å². The summed E-state index contributed by atoms with van der Waals surface area (Å²) in [6.45, 7) is 2.67. The summed E-state index contributed by atoms with van der Waals surface area (Å²) in [7, 11) is -3.68. The van der Waals surface area contributed by atoms with Gasteiger partial charge in [-0.15, -0.1) is 0 Å². The predicted molar refractivity (Wildman–Crippen MR) is 91.7 cm³/mol. The molecule has 0 aliphatic carbocycles. The van der Waals surface area contributed by atoms with E-state index in [1.54, 1.807) is 6.07 Å². The van der Waals surface area contributed by atoms with Crippen LogP contribution in [-0.4, -0.2) is 8.42 Å². The lowest BCUT2D eigenvalue weighted by Crippen LogP contribution is -2.12. The van der Waals surface area contributed by atoms with Gasteiger partial charge in [0.25, 0.3) is 0 Å². The topological polar surface area (TPSA) is 72.2 Å². The summed E-state index contributed by atoms with van der Waals surface area (Å²) in [5, 5.41) is 8.35. The van der Waals surface area contributed by atoms with Crippen molar-refractivity contribution in [3.8, 4) is 0 Å². The smallest absolute Gasteiger partial charge is 0.238 e. The lowest BCUT2D eigenvalue weighted by molar-refractivity contribution is 0.598. The Bertz CT molecular complexity index is 777. The van der Waals surface area contributed by atoms with Crippen LogP contribution in [0.2, 0.25) is 0 Å². The molecule has 0 saturated heterocycles. The monoisotopic (exact) mass is 432 g/mol. The van der Waals surface area contributed by atoms with E-state index in [9.17, 15) is 8.42 Å². The van der Waals surface area contributed by atoms with E-state index in [0.717, 1.165) is 21.3 Å². The molecule has 2 aromatic carbocycles. The van der Waals surface area contributed by atoms with Crippen molar-refractivity contribution >= 4 is 47.6 Å².